The number of rotatable bonds is 6. The van der Waals surface area contributed by atoms with Gasteiger partial charge in [-0.3, -0.25) is 4.90 Å². The van der Waals surface area contributed by atoms with E-state index in [0.29, 0.717) is 24.9 Å². The average molecular weight is 364 g/mol. The SMILES string of the molecule is CC(C)c1ccc(CN2CC[C@H](c3nn(CCN)c4nccnc34)C2)cc1. The number of hydrogen-bond donors (Lipinski definition) is 1. The lowest BCUT2D eigenvalue weighted by Crippen LogP contribution is -2.20. The van der Waals surface area contributed by atoms with E-state index in [4.69, 9.17) is 10.8 Å². The molecule has 1 saturated heterocycles. The summed E-state index contributed by atoms with van der Waals surface area (Å²) in [6.07, 6.45) is 4.58. The van der Waals surface area contributed by atoms with Crippen LogP contribution in [0.15, 0.2) is 36.7 Å². The van der Waals surface area contributed by atoms with Crippen molar-refractivity contribution in [3.8, 4) is 0 Å². The zero-order valence-corrected chi connectivity index (χ0v) is 16.2. The van der Waals surface area contributed by atoms with Crippen molar-refractivity contribution in [2.45, 2.75) is 45.2 Å². The molecule has 4 rings (SSSR count). The summed E-state index contributed by atoms with van der Waals surface area (Å²) >= 11 is 0. The summed E-state index contributed by atoms with van der Waals surface area (Å²) in [6.45, 7) is 8.78. The molecule has 1 atom stereocenters. The summed E-state index contributed by atoms with van der Waals surface area (Å²) in [5, 5.41) is 4.82. The lowest BCUT2D eigenvalue weighted by atomic mass is 10.0. The minimum Gasteiger partial charge on any atom is -0.329 e. The van der Waals surface area contributed by atoms with Gasteiger partial charge in [-0.2, -0.15) is 5.10 Å². The van der Waals surface area contributed by atoms with E-state index in [1.54, 1.807) is 12.4 Å². The quantitative estimate of drug-likeness (QED) is 0.728. The summed E-state index contributed by atoms with van der Waals surface area (Å²) < 4.78 is 1.91. The Labute approximate surface area is 160 Å². The van der Waals surface area contributed by atoms with Crippen molar-refractivity contribution < 1.29 is 0 Å². The Balaban J connectivity index is 1.49. The van der Waals surface area contributed by atoms with Crippen molar-refractivity contribution >= 4 is 11.2 Å². The maximum atomic E-state index is 5.73. The van der Waals surface area contributed by atoms with Crippen molar-refractivity contribution in [3.63, 3.8) is 0 Å². The van der Waals surface area contributed by atoms with Crippen LogP contribution in [0.4, 0.5) is 0 Å². The van der Waals surface area contributed by atoms with Crippen LogP contribution in [0.3, 0.4) is 0 Å². The lowest BCUT2D eigenvalue weighted by Gasteiger charge is -2.16. The number of nitrogens with two attached hydrogens (primary N) is 1. The second-order valence-corrected chi connectivity index (χ2v) is 7.74. The van der Waals surface area contributed by atoms with Gasteiger partial charge in [0.2, 0.25) is 0 Å². The summed E-state index contributed by atoms with van der Waals surface area (Å²) in [4.78, 5) is 11.5. The second-order valence-electron chi connectivity index (χ2n) is 7.74. The maximum absolute atomic E-state index is 5.73. The van der Waals surface area contributed by atoms with Gasteiger partial charge in [0.1, 0.15) is 5.52 Å². The molecule has 3 heterocycles. The van der Waals surface area contributed by atoms with Crippen LogP contribution in [0.2, 0.25) is 0 Å². The largest absolute Gasteiger partial charge is 0.329 e. The first-order chi connectivity index (χ1) is 13.2. The van der Waals surface area contributed by atoms with Crippen molar-refractivity contribution in [1.82, 2.24) is 24.6 Å². The summed E-state index contributed by atoms with van der Waals surface area (Å²) in [5.74, 6) is 0.978. The molecule has 0 radical (unpaired) electrons. The van der Waals surface area contributed by atoms with E-state index >= 15 is 0 Å². The van der Waals surface area contributed by atoms with Crippen molar-refractivity contribution in [2.24, 2.45) is 5.73 Å². The summed E-state index contributed by atoms with van der Waals surface area (Å²) in [7, 11) is 0. The third kappa shape index (κ3) is 3.73. The number of aromatic nitrogens is 4. The number of nitrogens with zero attached hydrogens (tertiary/aromatic N) is 5. The van der Waals surface area contributed by atoms with Gasteiger partial charge in [-0.1, -0.05) is 38.1 Å². The van der Waals surface area contributed by atoms with Crippen LogP contribution in [0.25, 0.3) is 11.2 Å². The average Bonchev–Trinajstić information content (AvgIpc) is 3.28. The highest BCUT2D eigenvalue weighted by atomic mass is 15.3. The molecule has 3 aromatic rings. The molecule has 6 nitrogen and oxygen atoms in total. The van der Waals surface area contributed by atoms with E-state index in [1.807, 2.05) is 4.68 Å². The van der Waals surface area contributed by atoms with Crippen molar-refractivity contribution in [3.05, 3.63) is 53.5 Å². The third-order valence-corrected chi connectivity index (χ3v) is 5.45. The molecule has 27 heavy (non-hydrogen) atoms. The Morgan fingerprint density at radius 2 is 1.93 bits per heavy atom. The normalized spacial score (nSPS) is 18.0. The Morgan fingerprint density at radius 1 is 1.15 bits per heavy atom. The number of likely N-dealkylation sites (tertiary alicyclic amines) is 1. The van der Waals surface area contributed by atoms with Gasteiger partial charge >= 0.3 is 0 Å². The van der Waals surface area contributed by atoms with Gasteiger partial charge in [0, 0.05) is 37.9 Å². The molecular formula is C21H28N6. The molecule has 1 aromatic carbocycles. The highest BCUT2D eigenvalue weighted by Gasteiger charge is 2.29. The fraction of sp³-hybridized carbons (Fsp3) is 0.476. The molecule has 0 bridgehead atoms. The molecule has 2 N–H and O–H groups in total. The van der Waals surface area contributed by atoms with Crippen LogP contribution in [-0.4, -0.2) is 44.3 Å². The van der Waals surface area contributed by atoms with E-state index in [2.05, 4.69) is 53.0 Å². The molecule has 0 spiro atoms. The minimum atomic E-state index is 0.401. The van der Waals surface area contributed by atoms with Crippen molar-refractivity contribution in [1.29, 1.82) is 0 Å². The van der Waals surface area contributed by atoms with Crippen molar-refractivity contribution in [2.75, 3.05) is 19.6 Å². The molecule has 6 heteroatoms. The first kappa shape index (κ1) is 18.1. The Hall–Kier alpha value is -2.31. The third-order valence-electron chi connectivity index (χ3n) is 5.45. The standard InChI is InChI=1S/C21H28N6/c1-15(2)17-5-3-16(4-6-17)13-26-11-7-18(14-26)19-20-21(24-10-9-23-20)27(25-19)12-8-22/h3-6,9-10,15,18H,7-8,11-14,22H2,1-2H3/t18-/m0/s1. The predicted molar refractivity (Wildman–Crippen MR) is 108 cm³/mol. The van der Waals surface area contributed by atoms with Gasteiger partial charge in [0.15, 0.2) is 5.65 Å². The number of hydrogen-bond acceptors (Lipinski definition) is 5. The summed E-state index contributed by atoms with van der Waals surface area (Å²) in [6, 6.07) is 9.04. The summed E-state index contributed by atoms with van der Waals surface area (Å²) in [5.41, 5.74) is 11.4. The highest BCUT2D eigenvalue weighted by molar-refractivity contribution is 5.73. The zero-order valence-electron chi connectivity index (χ0n) is 16.2. The molecular weight excluding hydrogens is 336 g/mol. The van der Waals surface area contributed by atoms with Crippen LogP contribution in [0.1, 0.15) is 48.9 Å². The van der Waals surface area contributed by atoms with Gasteiger partial charge < -0.3 is 5.73 Å². The van der Waals surface area contributed by atoms with Gasteiger partial charge in [-0.05, 0) is 30.0 Å². The Morgan fingerprint density at radius 3 is 2.67 bits per heavy atom. The van der Waals surface area contributed by atoms with E-state index in [-0.39, 0.29) is 0 Å². The molecule has 1 fully saturated rings. The molecule has 0 aliphatic carbocycles. The second kappa shape index (κ2) is 7.74. The fourth-order valence-corrected chi connectivity index (χ4v) is 3.94. The van der Waals surface area contributed by atoms with E-state index in [9.17, 15) is 0 Å². The van der Waals surface area contributed by atoms with Crippen LogP contribution < -0.4 is 5.73 Å². The highest BCUT2D eigenvalue weighted by Crippen LogP contribution is 2.31. The van der Waals surface area contributed by atoms with Crippen LogP contribution in [-0.2, 0) is 13.1 Å². The minimum absolute atomic E-state index is 0.401. The molecule has 1 aliphatic rings. The molecule has 2 aromatic heterocycles. The Kier molecular flexibility index (Phi) is 5.18. The fourth-order valence-electron chi connectivity index (χ4n) is 3.94. The van der Waals surface area contributed by atoms with Crippen LogP contribution >= 0.6 is 0 Å². The van der Waals surface area contributed by atoms with Crippen LogP contribution in [0, 0.1) is 0 Å². The smallest absolute Gasteiger partial charge is 0.177 e. The monoisotopic (exact) mass is 364 g/mol. The first-order valence-electron chi connectivity index (χ1n) is 9.84. The van der Waals surface area contributed by atoms with E-state index < -0.39 is 0 Å². The van der Waals surface area contributed by atoms with Gasteiger partial charge in [-0.25, -0.2) is 14.6 Å². The van der Waals surface area contributed by atoms with Gasteiger partial charge in [0.05, 0.1) is 12.2 Å². The molecule has 1 aliphatic heterocycles. The van der Waals surface area contributed by atoms with Crippen LogP contribution in [0.5, 0.6) is 0 Å². The van der Waals surface area contributed by atoms with E-state index in [0.717, 1.165) is 42.9 Å². The maximum Gasteiger partial charge on any atom is 0.177 e. The van der Waals surface area contributed by atoms with Gasteiger partial charge in [0.25, 0.3) is 0 Å². The molecule has 0 amide bonds. The van der Waals surface area contributed by atoms with Gasteiger partial charge in [-0.15, -0.1) is 0 Å². The lowest BCUT2D eigenvalue weighted by molar-refractivity contribution is 0.326. The molecule has 0 saturated carbocycles. The Bertz CT molecular complexity index is 899. The van der Waals surface area contributed by atoms with E-state index in [1.165, 1.54) is 11.1 Å². The number of benzene rings is 1. The topological polar surface area (TPSA) is 72.9 Å². The zero-order chi connectivity index (χ0) is 18.8. The molecule has 0 unspecified atom stereocenters. The number of fused-ring (bicyclic) bond motifs is 1. The molecule has 142 valence electrons. The first-order valence-corrected chi connectivity index (χ1v) is 9.84. The predicted octanol–water partition coefficient (Wildman–Crippen LogP) is 2.90.